The van der Waals surface area contributed by atoms with Crippen molar-refractivity contribution >= 4 is 17.7 Å². The van der Waals surface area contributed by atoms with Crippen LogP contribution in [0.1, 0.15) is 43.5 Å². The molecule has 0 aliphatic carbocycles. The Hall–Kier alpha value is -2.04. The number of rotatable bonds is 2. The van der Waals surface area contributed by atoms with Gasteiger partial charge in [0.25, 0.3) is 0 Å². The Bertz CT molecular complexity index is 506. The summed E-state index contributed by atoms with van der Waals surface area (Å²) in [5, 5.41) is 11.7. The number of anilines is 1. The molecule has 0 spiro atoms. The van der Waals surface area contributed by atoms with Crippen molar-refractivity contribution in [3.05, 3.63) is 29.8 Å². The second kappa shape index (κ2) is 5.94. The molecule has 1 heterocycles. The zero-order chi connectivity index (χ0) is 14.7. The largest absolute Gasteiger partial charge is 0.478 e. The first kappa shape index (κ1) is 14.4. The standard InChI is InChI=1S/C15H20N2O3/c1-10-5-3-6-11(2)17(10)15(20)16-13-8-4-7-12(9-13)14(18)19/h4,7-11H,3,5-6H2,1-2H3,(H,16,20)(H,18,19)/t10-,11+. The van der Waals surface area contributed by atoms with Gasteiger partial charge < -0.3 is 15.3 Å². The van der Waals surface area contributed by atoms with Crippen molar-refractivity contribution in [2.24, 2.45) is 0 Å². The van der Waals surface area contributed by atoms with Gasteiger partial charge >= 0.3 is 12.0 Å². The molecule has 2 amide bonds. The molecule has 0 aromatic heterocycles. The molecule has 2 rings (SSSR count). The summed E-state index contributed by atoms with van der Waals surface area (Å²) in [7, 11) is 0. The van der Waals surface area contributed by atoms with E-state index in [1.54, 1.807) is 12.1 Å². The summed E-state index contributed by atoms with van der Waals surface area (Å²) in [6.07, 6.45) is 3.15. The molecule has 1 aromatic carbocycles. The highest BCUT2D eigenvalue weighted by Gasteiger charge is 2.28. The van der Waals surface area contributed by atoms with E-state index in [0.29, 0.717) is 5.69 Å². The summed E-state index contributed by atoms with van der Waals surface area (Å²) in [5.41, 5.74) is 0.683. The summed E-state index contributed by atoms with van der Waals surface area (Å²) in [4.78, 5) is 25.1. The minimum atomic E-state index is -0.999. The van der Waals surface area contributed by atoms with Gasteiger partial charge in [-0.25, -0.2) is 9.59 Å². The summed E-state index contributed by atoms with van der Waals surface area (Å²) in [5.74, 6) is -0.999. The van der Waals surface area contributed by atoms with E-state index in [1.165, 1.54) is 12.1 Å². The van der Waals surface area contributed by atoms with Gasteiger partial charge in [0.1, 0.15) is 0 Å². The van der Waals surface area contributed by atoms with E-state index in [4.69, 9.17) is 5.11 Å². The van der Waals surface area contributed by atoms with Crippen LogP contribution in [0.3, 0.4) is 0 Å². The molecule has 0 bridgehead atoms. The van der Waals surface area contributed by atoms with Crippen LogP contribution < -0.4 is 5.32 Å². The average Bonchev–Trinajstić information content (AvgIpc) is 2.38. The average molecular weight is 276 g/mol. The van der Waals surface area contributed by atoms with Crippen molar-refractivity contribution in [3.63, 3.8) is 0 Å². The molecule has 1 aromatic rings. The quantitative estimate of drug-likeness (QED) is 0.871. The van der Waals surface area contributed by atoms with E-state index >= 15 is 0 Å². The Balaban J connectivity index is 2.10. The summed E-state index contributed by atoms with van der Waals surface area (Å²) < 4.78 is 0. The minimum absolute atomic E-state index is 0.160. The highest BCUT2D eigenvalue weighted by molar-refractivity contribution is 5.93. The van der Waals surface area contributed by atoms with E-state index in [-0.39, 0.29) is 23.7 Å². The normalized spacial score (nSPS) is 22.4. The van der Waals surface area contributed by atoms with Crippen LogP contribution in [0.2, 0.25) is 0 Å². The molecule has 5 nitrogen and oxygen atoms in total. The molecule has 0 unspecified atom stereocenters. The number of urea groups is 1. The van der Waals surface area contributed by atoms with E-state index in [1.807, 2.05) is 18.7 Å². The highest BCUT2D eigenvalue weighted by Crippen LogP contribution is 2.23. The minimum Gasteiger partial charge on any atom is -0.478 e. The molecule has 1 saturated heterocycles. The van der Waals surface area contributed by atoms with E-state index in [2.05, 4.69) is 5.32 Å². The van der Waals surface area contributed by atoms with E-state index in [0.717, 1.165) is 19.3 Å². The van der Waals surface area contributed by atoms with Gasteiger partial charge in [-0.1, -0.05) is 6.07 Å². The third kappa shape index (κ3) is 3.10. The van der Waals surface area contributed by atoms with Crippen molar-refractivity contribution in [3.8, 4) is 0 Å². The molecule has 2 atom stereocenters. The second-order valence-electron chi connectivity index (χ2n) is 5.35. The van der Waals surface area contributed by atoms with Crippen molar-refractivity contribution in [2.45, 2.75) is 45.2 Å². The van der Waals surface area contributed by atoms with Crippen LogP contribution in [0.4, 0.5) is 10.5 Å². The zero-order valence-electron chi connectivity index (χ0n) is 11.8. The lowest BCUT2D eigenvalue weighted by Crippen LogP contribution is -2.49. The van der Waals surface area contributed by atoms with Crippen LogP contribution in [0.25, 0.3) is 0 Å². The van der Waals surface area contributed by atoms with Crippen LogP contribution in [-0.2, 0) is 0 Å². The van der Waals surface area contributed by atoms with Gasteiger partial charge in [-0.15, -0.1) is 0 Å². The number of hydrogen-bond donors (Lipinski definition) is 2. The lowest BCUT2D eigenvalue weighted by atomic mass is 9.98. The fraction of sp³-hybridized carbons (Fsp3) is 0.467. The zero-order valence-corrected chi connectivity index (χ0v) is 11.8. The summed E-state index contributed by atoms with van der Waals surface area (Å²) in [6.45, 7) is 4.09. The number of carboxylic acids is 1. The second-order valence-corrected chi connectivity index (χ2v) is 5.35. The topological polar surface area (TPSA) is 69.6 Å². The van der Waals surface area contributed by atoms with Crippen molar-refractivity contribution in [1.29, 1.82) is 0 Å². The fourth-order valence-electron chi connectivity index (χ4n) is 2.74. The molecule has 108 valence electrons. The Morgan fingerprint density at radius 3 is 2.50 bits per heavy atom. The summed E-state index contributed by atoms with van der Waals surface area (Å²) in [6, 6.07) is 6.56. The number of carbonyl (C=O) groups is 2. The van der Waals surface area contributed by atoms with Crippen LogP contribution in [0.15, 0.2) is 24.3 Å². The first-order valence-corrected chi connectivity index (χ1v) is 6.91. The monoisotopic (exact) mass is 276 g/mol. The maximum Gasteiger partial charge on any atom is 0.335 e. The van der Waals surface area contributed by atoms with Crippen molar-refractivity contribution < 1.29 is 14.7 Å². The molecular weight excluding hydrogens is 256 g/mol. The number of hydrogen-bond acceptors (Lipinski definition) is 2. The predicted molar refractivity (Wildman–Crippen MR) is 77.0 cm³/mol. The van der Waals surface area contributed by atoms with Crippen LogP contribution >= 0.6 is 0 Å². The van der Waals surface area contributed by atoms with Crippen molar-refractivity contribution in [2.75, 3.05) is 5.32 Å². The Morgan fingerprint density at radius 2 is 1.90 bits per heavy atom. The molecule has 1 fully saturated rings. The van der Waals surface area contributed by atoms with E-state index in [9.17, 15) is 9.59 Å². The van der Waals surface area contributed by atoms with Gasteiger partial charge in [-0.3, -0.25) is 0 Å². The first-order chi connectivity index (χ1) is 9.49. The molecule has 2 N–H and O–H groups in total. The third-order valence-corrected chi connectivity index (χ3v) is 3.79. The highest BCUT2D eigenvalue weighted by atomic mass is 16.4. The molecular formula is C15H20N2O3. The molecule has 5 heteroatoms. The number of piperidine rings is 1. The number of nitrogens with one attached hydrogen (secondary N) is 1. The van der Waals surface area contributed by atoms with Gasteiger partial charge in [-0.2, -0.15) is 0 Å². The maximum absolute atomic E-state index is 12.3. The lowest BCUT2D eigenvalue weighted by Gasteiger charge is -2.38. The van der Waals surface area contributed by atoms with Gasteiger partial charge in [0.05, 0.1) is 5.56 Å². The van der Waals surface area contributed by atoms with Gasteiger partial charge in [0.15, 0.2) is 0 Å². The lowest BCUT2D eigenvalue weighted by molar-refractivity contribution is 0.0696. The van der Waals surface area contributed by atoms with Gasteiger partial charge in [0.2, 0.25) is 0 Å². The predicted octanol–water partition coefficient (Wildman–Crippen LogP) is 3.18. The molecule has 0 saturated carbocycles. The Morgan fingerprint density at radius 1 is 1.25 bits per heavy atom. The number of nitrogens with zero attached hydrogens (tertiary/aromatic N) is 1. The number of carbonyl (C=O) groups excluding carboxylic acids is 1. The molecule has 0 radical (unpaired) electrons. The number of benzene rings is 1. The SMILES string of the molecule is C[C@@H]1CCC[C@H](C)N1C(=O)Nc1cccc(C(=O)O)c1. The van der Waals surface area contributed by atoms with Gasteiger partial charge in [-0.05, 0) is 51.3 Å². The maximum atomic E-state index is 12.3. The summed E-state index contributed by atoms with van der Waals surface area (Å²) >= 11 is 0. The van der Waals surface area contributed by atoms with Crippen LogP contribution in [0, 0.1) is 0 Å². The third-order valence-electron chi connectivity index (χ3n) is 3.79. The Kier molecular flexibility index (Phi) is 4.27. The number of aromatic carboxylic acids is 1. The van der Waals surface area contributed by atoms with E-state index < -0.39 is 5.97 Å². The van der Waals surface area contributed by atoms with Crippen molar-refractivity contribution in [1.82, 2.24) is 4.90 Å². The Labute approximate surface area is 118 Å². The number of likely N-dealkylation sites (tertiary alicyclic amines) is 1. The molecule has 1 aliphatic rings. The van der Waals surface area contributed by atoms with Crippen LogP contribution in [0.5, 0.6) is 0 Å². The first-order valence-electron chi connectivity index (χ1n) is 6.91. The number of amides is 2. The van der Waals surface area contributed by atoms with Crippen LogP contribution in [-0.4, -0.2) is 34.1 Å². The smallest absolute Gasteiger partial charge is 0.335 e. The van der Waals surface area contributed by atoms with Gasteiger partial charge in [0, 0.05) is 17.8 Å². The fourth-order valence-corrected chi connectivity index (χ4v) is 2.74. The molecule has 20 heavy (non-hydrogen) atoms. The number of carboxylic acid groups (broad SMARTS) is 1. The molecule has 1 aliphatic heterocycles.